The van der Waals surface area contributed by atoms with Gasteiger partial charge in [-0.1, -0.05) is 24.8 Å². The van der Waals surface area contributed by atoms with Crippen molar-refractivity contribution in [2.24, 2.45) is 0 Å². The van der Waals surface area contributed by atoms with Gasteiger partial charge in [-0.05, 0) is 31.5 Å². The minimum atomic E-state index is 0.197. The SMILES string of the molecule is C=Cc1ccc(OCOC(C)C)cc1. The maximum absolute atomic E-state index is 5.36. The van der Waals surface area contributed by atoms with Gasteiger partial charge in [0.05, 0.1) is 6.10 Å². The summed E-state index contributed by atoms with van der Waals surface area (Å²) in [4.78, 5) is 0. The van der Waals surface area contributed by atoms with E-state index in [9.17, 15) is 0 Å². The van der Waals surface area contributed by atoms with Crippen molar-refractivity contribution in [3.05, 3.63) is 36.4 Å². The standard InChI is InChI=1S/C12H16O2/c1-4-11-5-7-12(8-6-11)14-9-13-10(2)3/h4-8,10H,1,9H2,2-3H3. The maximum Gasteiger partial charge on any atom is 0.189 e. The Morgan fingerprint density at radius 3 is 2.43 bits per heavy atom. The Labute approximate surface area is 85.2 Å². The molecule has 0 amide bonds. The molecule has 0 spiro atoms. The summed E-state index contributed by atoms with van der Waals surface area (Å²) in [5.74, 6) is 0.816. The van der Waals surface area contributed by atoms with Gasteiger partial charge in [0, 0.05) is 0 Å². The molecule has 1 aromatic rings. The van der Waals surface area contributed by atoms with Gasteiger partial charge < -0.3 is 9.47 Å². The summed E-state index contributed by atoms with van der Waals surface area (Å²) in [5, 5.41) is 0. The highest BCUT2D eigenvalue weighted by atomic mass is 16.7. The number of rotatable bonds is 5. The van der Waals surface area contributed by atoms with Crippen molar-refractivity contribution < 1.29 is 9.47 Å². The molecule has 0 heterocycles. The Morgan fingerprint density at radius 1 is 1.29 bits per heavy atom. The minimum Gasteiger partial charge on any atom is -0.468 e. The Morgan fingerprint density at radius 2 is 1.93 bits per heavy atom. The molecule has 14 heavy (non-hydrogen) atoms. The molecule has 0 fully saturated rings. The molecule has 0 aliphatic carbocycles. The van der Waals surface area contributed by atoms with E-state index in [0.717, 1.165) is 11.3 Å². The summed E-state index contributed by atoms with van der Waals surface area (Å²) in [6.45, 7) is 7.93. The zero-order valence-corrected chi connectivity index (χ0v) is 8.69. The highest BCUT2D eigenvalue weighted by Gasteiger charge is 1.95. The molecule has 0 N–H and O–H groups in total. The van der Waals surface area contributed by atoms with Crippen LogP contribution >= 0.6 is 0 Å². The van der Waals surface area contributed by atoms with Gasteiger partial charge in [0.25, 0.3) is 0 Å². The lowest BCUT2D eigenvalue weighted by Gasteiger charge is -2.09. The van der Waals surface area contributed by atoms with Crippen LogP contribution in [0.25, 0.3) is 6.08 Å². The van der Waals surface area contributed by atoms with Crippen molar-refractivity contribution in [2.45, 2.75) is 20.0 Å². The third-order valence-corrected chi connectivity index (χ3v) is 1.74. The molecular formula is C12H16O2. The summed E-state index contributed by atoms with van der Waals surface area (Å²) in [5.41, 5.74) is 1.09. The first-order chi connectivity index (χ1) is 6.72. The second-order valence-electron chi connectivity index (χ2n) is 3.25. The van der Waals surface area contributed by atoms with E-state index in [0.29, 0.717) is 6.79 Å². The van der Waals surface area contributed by atoms with Gasteiger partial charge in [-0.3, -0.25) is 0 Å². The maximum atomic E-state index is 5.36. The van der Waals surface area contributed by atoms with Gasteiger partial charge in [0.1, 0.15) is 5.75 Å². The first-order valence-electron chi connectivity index (χ1n) is 4.69. The summed E-state index contributed by atoms with van der Waals surface area (Å²) < 4.78 is 10.6. The quantitative estimate of drug-likeness (QED) is 0.667. The molecule has 1 rings (SSSR count). The monoisotopic (exact) mass is 192 g/mol. The number of hydrogen-bond acceptors (Lipinski definition) is 2. The Kier molecular flexibility index (Phi) is 4.20. The molecular weight excluding hydrogens is 176 g/mol. The average molecular weight is 192 g/mol. The van der Waals surface area contributed by atoms with Crippen LogP contribution in [0.3, 0.4) is 0 Å². The lowest BCUT2D eigenvalue weighted by Crippen LogP contribution is -2.08. The van der Waals surface area contributed by atoms with Crippen LogP contribution in [0.5, 0.6) is 5.75 Å². The first-order valence-corrected chi connectivity index (χ1v) is 4.69. The molecule has 0 bridgehead atoms. The Balaban J connectivity index is 2.40. The molecule has 0 saturated carbocycles. The summed E-state index contributed by atoms with van der Waals surface area (Å²) in [7, 11) is 0. The second-order valence-corrected chi connectivity index (χ2v) is 3.25. The van der Waals surface area contributed by atoms with Crippen molar-refractivity contribution in [3.63, 3.8) is 0 Å². The van der Waals surface area contributed by atoms with Crippen molar-refractivity contribution >= 4 is 6.08 Å². The fraction of sp³-hybridized carbons (Fsp3) is 0.333. The molecule has 76 valence electrons. The molecule has 0 unspecified atom stereocenters. The lowest BCUT2D eigenvalue weighted by molar-refractivity contribution is -0.0199. The van der Waals surface area contributed by atoms with E-state index in [1.54, 1.807) is 6.08 Å². The molecule has 0 saturated heterocycles. The highest BCUT2D eigenvalue weighted by molar-refractivity contribution is 5.48. The fourth-order valence-electron chi connectivity index (χ4n) is 0.938. The third-order valence-electron chi connectivity index (χ3n) is 1.74. The zero-order valence-electron chi connectivity index (χ0n) is 8.69. The van der Waals surface area contributed by atoms with Crippen molar-refractivity contribution in [1.29, 1.82) is 0 Å². The predicted molar refractivity (Wildman–Crippen MR) is 58.2 cm³/mol. The average Bonchev–Trinajstić information content (AvgIpc) is 2.18. The molecule has 0 aliphatic rings. The van der Waals surface area contributed by atoms with Crippen molar-refractivity contribution in [1.82, 2.24) is 0 Å². The van der Waals surface area contributed by atoms with Crippen LogP contribution < -0.4 is 4.74 Å². The van der Waals surface area contributed by atoms with E-state index in [1.807, 2.05) is 38.1 Å². The van der Waals surface area contributed by atoms with Crippen LogP contribution in [0.2, 0.25) is 0 Å². The van der Waals surface area contributed by atoms with Gasteiger partial charge >= 0.3 is 0 Å². The molecule has 0 aliphatic heterocycles. The Hall–Kier alpha value is -1.28. The Bertz CT molecular complexity index is 275. The third kappa shape index (κ3) is 3.62. The second kappa shape index (κ2) is 5.45. The van der Waals surface area contributed by atoms with Gasteiger partial charge in [0.15, 0.2) is 6.79 Å². The van der Waals surface area contributed by atoms with E-state index >= 15 is 0 Å². The van der Waals surface area contributed by atoms with Crippen LogP contribution in [0, 0.1) is 0 Å². The normalized spacial score (nSPS) is 10.2. The van der Waals surface area contributed by atoms with Crippen LogP contribution in [-0.2, 0) is 4.74 Å². The fourth-order valence-corrected chi connectivity index (χ4v) is 0.938. The summed E-state index contributed by atoms with van der Waals surface area (Å²) in [6, 6.07) is 7.72. The van der Waals surface area contributed by atoms with E-state index in [1.165, 1.54) is 0 Å². The van der Waals surface area contributed by atoms with E-state index in [4.69, 9.17) is 9.47 Å². The van der Waals surface area contributed by atoms with Gasteiger partial charge in [0.2, 0.25) is 0 Å². The van der Waals surface area contributed by atoms with Gasteiger partial charge in [-0.25, -0.2) is 0 Å². The molecule has 0 atom stereocenters. The molecule has 0 radical (unpaired) electrons. The predicted octanol–water partition coefficient (Wildman–Crippen LogP) is 3.09. The highest BCUT2D eigenvalue weighted by Crippen LogP contribution is 2.12. The summed E-state index contributed by atoms with van der Waals surface area (Å²) in [6.07, 6.45) is 2.00. The van der Waals surface area contributed by atoms with Crippen LogP contribution in [0.15, 0.2) is 30.8 Å². The molecule has 2 heteroatoms. The number of hydrogen-bond donors (Lipinski definition) is 0. The van der Waals surface area contributed by atoms with Crippen molar-refractivity contribution in [3.8, 4) is 5.75 Å². The van der Waals surface area contributed by atoms with Crippen LogP contribution in [-0.4, -0.2) is 12.9 Å². The van der Waals surface area contributed by atoms with E-state index in [-0.39, 0.29) is 6.10 Å². The first kappa shape index (κ1) is 10.8. The largest absolute Gasteiger partial charge is 0.468 e. The number of ether oxygens (including phenoxy) is 2. The lowest BCUT2D eigenvalue weighted by atomic mass is 10.2. The number of benzene rings is 1. The van der Waals surface area contributed by atoms with E-state index in [2.05, 4.69) is 6.58 Å². The van der Waals surface area contributed by atoms with Crippen molar-refractivity contribution in [2.75, 3.05) is 6.79 Å². The molecule has 2 nitrogen and oxygen atoms in total. The van der Waals surface area contributed by atoms with Gasteiger partial charge in [-0.2, -0.15) is 0 Å². The minimum absolute atomic E-state index is 0.197. The van der Waals surface area contributed by atoms with E-state index < -0.39 is 0 Å². The topological polar surface area (TPSA) is 18.5 Å². The smallest absolute Gasteiger partial charge is 0.189 e. The van der Waals surface area contributed by atoms with Crippen LogP contribution in [0.4, 0.5) is 0 Å². The molecule has 1 aromatic carbocycles. The van der Waals surface area contributed by atoms with Gasteiger partial charge in [-0.15, -0.1) is 0 Å². The zero-order chi connectivity index (χ0) is 10.4. The summed E-state index contributed by atoms with van der Waals surface area (Å²) >= 11 is 0. The van der Waals surface area contributed by atoms with Crippen LogP contribution in [0.1, 0.15) is 19.4 Å². The molecule has 0 aromatic heterocycles.